The van der Waals surface area contributed by atoms with E-state index in [1.807, 2.05) is 0 Å². The number of piperidine rings is 1. The van der Waals surface area contributed by atoms with E-state index in [0.29, 0.717) is 25.1 Å². The van der Waals surface area contributed by atoms with E-state index in [1.54, 1.807) is 24.3 Å². The highest BCUT2D eigenvalue weighted by Gasteiger charge is 2.41. The second-order valence-corrected chi connectivity index (χ2v) is 4.89. The van der Waals surface area contributed by atoms with Crippen molar-refractivity contribution in [1.29, 1.82) is 0 Å². The molecule has 4 nitrogen and oxygen atoms in total. The Morgan fingerprint density at radius 3 is 2.76 bits per heavy atom. The number of carbonyl (C=O) groups excluding carboxylic acids is 1. The van der Waals surface area contributed by atoms with E-state index >= 15 is 0 Å². The van der Waals surface area contributed by atoms with Crippen molar-refractivity contribution in [1.82, 2.24) is 10.6 Å². The van der Waals surface area contributed by atoms with Gasteiger partial charge in [0.1, 0.15) is 5.75 Å². The van der Waals surface area contributed by atoms with Crippen LogP contribution >= 0.6 is 0 Å². The number of benzene rings is 1. The number of amides is 1. The van der Waals surface area contributed by atoms with Gasteiger partial charge in [-0.2, -0.15) is 13.2 Å². The molecule has 1 aliphatic rings. The fourth-order valence-electron chi connectivity index (χ4n) is 2.54. The van der Waals surface area contributed by atoms with E-state index in [2.05, 4.69) is 10.6 Å². The van der Waals surface area contributed by atoms with Crippen molar-refractivity contribution in [2.75, 3.05) is 13.7 Å². The Hall–Kier alpha value is -1.76. The highest BCUT2D eigenvalue weighted by atomic mass is 19.4. The monoisotopic (exact) mass is 302 g/mol. The number of rotatable bonds is 3. The van der Waals surface area contributed by atoms with Gasteiger partial charge in [0.15, 0.2) is 0 Å². The maximum absolute atomic E-state index is 12.4. The lowest BCUT2D eigenvalue weighted by atomic mass is 9.91. The third-order valence-corrected chi connectivity index (χ3v) is 3.51. The maximum atomic E-state index is 12.4. The van der Waals surface area contributed by atoms with Crippen LogP contribution in [0.3, 0.4) is 0 Å². The zero-order valence-corrected chi connectivity index (χ0v) is 11.5. The predicted molar refractivity (Wildman–Crippen MR) is 71.0 cm³/mol. The largest absolute Gasteiger partial charge is 0.496 e. The highest BCUT2D eigenvalue weighted by Crippen LogP contribution is 2.31. The molecule has 0 unspecified atom stereocenters. The van der Waals surface area contributed by atoms with Gasteiger partial charge in [-0.25, -0.2) is 0 Å². The van der Waals surface area contributed by atoms with Gasteiger partial charge in [-0.05, 0) is 25.5 Å². The van der Waals surface area contributed by atoms with Crippen LogP contribution in [-0.2, 0) is 4.79 Å². The van der Waals surface area contributed by atoms with Gasteiger partial charge < -0.3 is 15.4 Å². The molecule has 1 amide bonds. The summed E-state index contributed by atoms with van der Waals surface area (Å²) in [7, 11) is 1.50. The Morgan fingerprint density at radius 2 is 2.10 bits per heavy atom. The maximum Gasteiger partial charge on any atom is 0.471 e. The third kappa shape index (κ3) is 3.66. The Bertz CT molecular complexity index is 505. The second kappa shape index (κ2) is 6.34. The van der Waals surface area contributed by atoms with Crippen LogP contribution in [0.15, 0.2) is 24.3 Å². The molecule has 116 valence electrons. The number of para-hydroxylation sites is 1. The lowest BCUT2D eigenvalue weighted by molar-refractivity contribution is -0.174. The molecule has 1 aromatic carbocycles. The molecule has 1 heterocycles. The zero-order chi connectivity index (χ0) is 15.5. The standard InChI is InChI=1S/C14H17F3N2O2/c1-21-11-7-3-2-5-9(11)12-10(6-4-8-18-12)19-13(20)14(15,16)17/h2-3,5,7,10,12,18H,4,6,8H2,1H3,(H,19,20)/t10-,12-/m0/s1. The molecule has 2 rings (SSSR count). The summed E-state index contributed by atoms with van der Waals surface area (Å²) in [6.07, 6.45) is -3.69. The van der Waals surface area contributed by atoms with Crippen LogP contribution < -0.4 is 15.4 Å². The third-order valence-electron chi connectivity index (χ3n) is 3.51. The van der Waals surface area contributed by atoms with E-state index in [-0.39, 0.29) is 0 Å². The van der Waals surface area contributed by atoms with Crippen molar-refractivity contribution in [2.45, 2.75) is 31.1 Å². The van der Waals surface area contributed by atoms with Crippen LogP contribution in [0.25, 0.3) is 0 Å². The quantitative estimate of drug-likeness (QED) is 0.899. The fraction of sp³-hybridized carbons (Fsp3) is 0.500. The SMILES string of the molecule is COc1ccccc1[C@@H]1NCCC[C@@H]1NC(=O)C(F)(F)F. The van der Waals surface area contributed by atoms with Gasteiger partial charge in [-0.3, -0.25) is 4.79 Å². The van der Waals surface area contributed by atoms with Gasteiger partial charge in [-0.1, -0.05) is 18.2 Å². The Labute approximate surface area is 120 Å². The first-order chi connectivity index (χ1) is 9.93. The van der Waals surface area contributed by atoms with Crippen molar-refractivity contribution in [2.24, 2.45) is 0 Å². The van der Waals surface area contributed by atoms with Crippen molar-refractivity contribution < 1.29 is 22.7 Å². The topological polar surface area (TPSA) is 50.4 Å². The van der Waals surface area contributed by atoms with Crippen molar-refractivity contribution >= 4 is 5.91 Å². The number of halogens is 3. The van der Waals surface area contributed by atoms with Crippen LogP contribution in [0, 0.1) is 0 Å². The number of hydrogen-bond acceptors (Lipinski definition) is 3. The number of alkyl halides is 3. The number of ether oxygens (including phenoxy) is 1. The second-order valence-electron chi connectivity index (χ2n) is 4.89. The Kier molecular flexibility index (Phi) is 4.72. The Morgan fingerprint density at radius 1 is 1.38 bits per heavy atom. The molecule has 1 aliphatic heterocycles. The smallest absolute Gasteiger partial charge is 0.471 e. The van der Waals surface area contributed by atoms with Crippen LogP contribution in [-0.4, -0.2) is 31.8 Å². The summed E-state index contributed by atoms with van der Waals surface area (Å²) in [5, 5.41) is 5.23. The van der Waals surface area contributed by atoms with Gasteiger partial charge >= 0.3 is 12.1 Å². The molecule has 1 fully saturated rings. The normalized spacial score (nSPS) is 22.7. The highest BCUT2D eigenvalue weighted by molar-refractivity contribution is 5.82. The molecule has 0 spiro atoms. The molecule has 7 heteroatoms. The lowest BCUT2D eigenvalue weighted by Gasteiger charge is -2.34. The van der Waals surface area contributed by atoms with Crippen LogP contribution in [0.1, 0.15) is 24.4 Å². The number of nitrogens with one attached hydrogen (secondary N) is 2. The molecule has 0 radical (unpaired) electrons. The minimum atomic E-state index is -4.87. The summed E-state index contributed by atoms with van der Waals surface area (Å²) >= 11 is 0. The molecule has 0 bridgehead atoms. The van der Waals surface area contributed by atoms with E-state index in [4.69, 9.17) is 4.74 Å². The number of methoxy groups -OCH3 is 1. The first-order valence-corrected chi connectivity index (χ1v) is 6.67. The molecule has 0 aliphatic carbocycles. The average molecular weight is 302 g/mol. The first-order valence-electron chi connectivity index (χ1n) is 6.67. The molecule has 2 N–H and O–H groups in total. The van der Waals surface area contributed by atoms with Gasteiger partial charge in [0, 0.05) is 11.6 Å². The van der Waals surface area contributed by atoms with Crippen molar-refractivity contribution in [3.63, 3.8) is 0 Å². The molecular weight excluding hydrogens is 285 g/mol. The summed E-state index contributed by atoms with van der Waals surface area (Å²) in [5.41, 5.74) is 0.743. The summed E-state index contributed by atoms with van der Waals surface area (Å²) in [4.78, 5) is 11.2. The van der Waals surface area contributed by atoms with Crippen LogP contribution in [0.2, 0.25) is 0 Å². The lowest BCUT2D eigenvalue weighted by Crippen LogP contribution is -2.51. The van der Waals surface area contributed by atoms with Crippen molar-refractivity contribution in [3.05, 3.63) is 29.8 Å². The molecule has 2 atom stereocenters. The predicted octanol–water partition coefficient (Wildman–Crippen LogP) is 2.17. The van der Waals surface area contributed by atoms with Crippen molar-refractivity contribution in [3.8, 4) is 5.75 Å². The number of carbonyl (C=O) groups is 1. The van der Waals surface area contributed by atoms with Gasteiger partial charge in [0.05, 0.1) is 13.2 Å². The van der Waals surface area contributed by atoms with E-state index in [9.17, 15) is 18.0 Å². The summed E-state index contributed by atoms with van der Waals surface area (Å²) in [6.45, 7) is 0.682. The Balaban J connectivity index is 2.21. The molecular formula is C14H17F3N2O2. The summed E-state index contributed by atoms with van der Waals surface area (Å²) in [5.74, 6) is -1.32. The molecule has 1 aromatic rings. The first kappa shape index (κ1) is 15.6. The molecule has 0 aromatic heterocycles. The zero-order valence-electron chi connectivity index (χ0n) is 11.5. The van der Waals surface area contributed by atoms with E-state index in [1.165, 1.54) is 7.11 Å². The number of hydrogen-bond donors (Lipinski definition) is 2. The van der Waals surface area contributed by atoms with Gasteiger partial charge in [0.2, 0.25) is 0 Å². The van der Waals surface area contributed by atoms with Gasteiger partial charge in [-0.15, -0.1) is 0 Å². The van der Waals surface area contributed by atoms with Crippen LogP contribution in [0.5, 0.6) is 5.75 Å². The van der Waals surface area contributed by atoms with Gasteiger partial charge in [0.25, 0.3) is 0 Å². The summed E-state index contributed by atoms with van der Waals surface area (Å²) < 4.78 is 42.5. The molecule has 1 saturated heterocycles. The van der Waals surface area contributed by atoms with E-state index < -0.39 is 24.2 Å². The van der Waals surface area contributed by atoms with Crippen LogP contribution in [0.4, 0.5) is 13.2 Å². The average Bonchev–Trinajstić information content (AvgIpc) is 2.47. The molecule has 21 heavy (non-hydrogen) atoms. The fourth-order valence-corrected chi connectivity index (χ4v) is 2.54. The molecule has 0 saturated carbocycles. The minimum absolute atomic E-state index is 0.402. The minimum Gasteiger partial charge on any atom is -0.496 e. The summed E-state index contributed by atoms with van der Waals surface area (Å²) in [6, 6.07) is 6.08. The van der Waals surface area contributed by atoms with E-state index in [0.717, 1.165) is 5.56 Å².